The second-order valence-corrected chi connectivity index (χ2v) is 3.90. The van der Waals surface area contributed by atoms with Gasteiger partial charge in [0.2, 0.25) is 5.91 Å². The van der Waals surface area contributed by atoms with Crippen molar-refractivity contribution in [3.05, 3.63) is 59.5 Å². The molecule has 1 aromatic heterocycles. The molecule has 0 bridgehead atoms. The van der Waals surface area contributed by atoms with E-state index in [0.29, 0.717) is 17.9 Å². The molecule has 0 unspecified atom stereocenters. The molecule has 0 aliphatic heterocycles. The summed E-state index contributed by atoms with van der Waals surface area (Å²) in [6, 6.07) is 10.6. The van der Waals surface area contributed by atoms with Gasteiger partial charge in [0.05, 0.1) is 19.2 Å². The standard InChI is InChI=1S/C14H13NO3/c16-10-12-4-1-3-11(7-12)8-14(17)15-9-13-5-2-6-18-13/h1-7,10H,8-9H2,(H,15,17). The summed E-state index contributed by atoms with van der Waals surface area (Å²) in [6.45, 7) is 0.374. The topological polar surface area (TPSA) is 59.3 Å². The number of aldehydes is 1. The zero-order valence-electron chi connectivity index (χ0n) is 9.76. The van der Waals surface area contributed by atoms with Crippen LogP contribution >= 0.6 is 0 Å². The van der Waals surface area contributed by atoms with Crippen molar-refractivity contribution < 1.29 is 14.0 Å². The predicted octanol–water partition coefficient (Wildman–Crippen LogP) is 1.95. The third-order valence-corrected chi connectivity index (χ3v) is 2.49. The van der Waals surface area contributed by atoms with Gasteiger partial charge in [0.25, 0.3) is 0 Å². The summed E-state index contributed by atoms with van der Waals surface area (Å²) in [6.07, 6.45) is 2.59. The number of carbonyl (C=O) groups excluding carboxylic acids is 2. The molecule has 0 aliphatic carbocycles. The highest BCUT2D eigenvalue weighted by molar-refractivity contribution is 5.80. The maximum Gasteiger partial charge on any atom is 0.224 e. The molecule has 2 rings (SSSR count). The molecule has 4 nitrogen and oxygen atoms in total. The Bertz CT molecular complexity index is 532. The molecule has 0 fully saturated rings. The van der Waals surface area contributed by atoms with Crippen molar-refractivity contribution >= 4 is 12.2 Å². The van der Waals surface area contributed by atoms with Crippen molar-refractivity contribution in [2.24, 2.45) is 0 Å². The number of nitrogens with one attached hydrogen (secondary N) is 1. The molecule has 0 saturated carbocycles. The molecule has 0 atom stereocenters. The summed E-state index contributed by atoms with van der Waals surface area (Å²) < 4.78 is 5.11. The molecular formula is C14H13NO3. The van der Waals surface area contributed by atoms with Gasteiger partial charge in [-0.25, -0.2) is 0 Å². The maximum atomic E-state index is 11.7. The number of benzene rings is 1. The van der Waals surface area contributed by atoms with Gasteiger partial charge in [0.1, 0.15) is 12.0 Å². The second-order valence-electron chi connectivity index (χ2n) is 3.90. The summed E-state index contributed by atoms with van der Waals surface area (Å²) >= 11 is 0. The molecule has 1 heterocycles. The fourth-order valence-corrected chi connectivity index (χ4v) is 1.62. The van der Waals surface area contributed by atoms with Crippen LogP contribution in [0.3, 0.4) is 0 Å². The second kappa shape index (κ2) is 5.82. The first-order valence-electron chi connectivity index (χ1n) is 5.61. The number of amides is 1. The summed E-state index contributed by atoms with van der Waals surface area (Å²) in [5.74, 6) is 0.611. The fraction of sp³-hybridized carbons (Fsp3) is 0.143. The van der Waals surface area contributed by atoms with E-state index >= 15 is 0 Å². The molecule has 1 N–H and O–H groups in total. The van der Waals surface area contributed by atoms with Crippen molar-refractivity contribution in [1.29, 1.82) is 0 Å². The Morgan fingerprint density at radius 1 is 1.28 bits per heavy atom. The van der Waals surface area contributed by atoms with Crippen LogP contribution in [0.1, 0.15) is 21.7 Å². The van der Waals surface area contributed by atoms with Gasteiger partial charge in [0, 0.05) is 5.56 Å². The van der Waals surface area contributed by atoms with Crippen LogP contribution in [0.15, 0.2) is 47.1 Å². The van der Waals surface area contributed by atoms with Gasteiger partial charge in [-0.2, -0.15) is 0 Å². The van der Waals surface area contributed by atoms with Gasteiger partial charge < -0.3 is 9.73 Å². The number of hydrogen-bond donors (Lipinski definition) is 1. The molecule has 2 aromatic rings. The Balaban J connectivity index is 1.88. The van der Waals surface area contributed by atoms with Gasteiger partial charge in [-0.15, -0.1) is 0 Å². The largest absolute Gasteiger partial charge is 0.467 e. The number of furan rings is 1. The zero-order chi connectivity index (χ0) is 12.8. The Hall–Kier alpha value is -2.36. The van der Waals surface area contributed by atoms with Gasteiger partial charge in [-0.1, -0.05) is 18.2 Å². The molecule has 1 aromatic carbocycles. The Labute approximate surface area is 105 Å². The van der Waals surface area contributed by atoms with E-state index in [0.717, 1.165) is 11.8 Å². The molecule has 0 radical (unpaired) electrons. The molecule has 18 heavy (non-hydrogen) atoms. The minimum atomic E-state index is -0.102. The third kappa shape index (κ3) is 3.31. The van der Waals surface area contributed by atoms with E-state index in [2.05, 4.69) is 5.32 Å². The van der Waals surface area contributed by atoms with Crippen LogP contribution in [-0.2, 0) is 17.8 Å². The normalized spacial score (nSPS) is 10.0. The fourth-order valence-electron chi connectivity index (χ4n) is 1.62. The molecule has 92 valence electrons. The van der Waals surface area contributed by atoms with Crippen molar-refractivity contribution in [2.75, 3.05) is 0 Å². The van der Waals surface area contributed by atoms with Crippen LogP contribution in [0.4, 0.5) is 0 Å². The molecular weight excluding hydrogens is 230 g/mol. The summed E-state index contributed by atoms with van der Waals surface area (Å²) in [5, 5.41) is 2.75. The Morgan fingerprint density at radius 3 is 2.89 bits per heavy atom. The molecule has 1 amide bonds. The zero-order valence-corrected chi connectivity index (χ0v) is 9.76. The van der Waals surface area contributed by atoms with E-state index in [1.807, 2.05) is 6.07 Å². The smallest absolute Gasteiger partial charge is 0.224 e. The van der Waals surface area contributed by atoms with E-state index in [4.69, 9.17) is 4.42 Å². The minimum absolute atomic E-state index is 0.102. The Morgan fingerprint density at radius 2 is 2.17 bits per heavy atom. The van der Waals surface area contributed by atoms with E-state index in [1.165, 1.54) is 0 Å². The van der Waals surface area contributed by atoms with Gasteiger partial charge in [0.15, 0.2) is 0 Å². The summed E-state index contributed by atoms with van der Waals surface area (Å²) in [7, 11) is 0. The lowest BCUT2D eigenvalue weighted by Crippen LogP contribution is -2.24. The predicted molar refractivity (Wildman–Crippen MR) is 66.1 cm³/mol. The first-order valence-corrected chi connectivity index (χ1v) is 5.61. The van der Waals surface area contributed by atoms with Gasteiger partial charge >= 0.3 is 0 Å². The monoisotopic (exact) mass is 243 g/mol. The van der Waals surface area contributed by atoms with E-state index in [-0.39, 0.29) is 12.3 Å². The number of carbonyl (C=O) groups is 2. The van der Waals surface area contributed by atoms with Crippen LogP contribution in [0.25, 0.3) is 0 Å². The molecule has 4 heteroatoms. The summed E-state index contributed by atoms with van der Waals surface area (Å²) in [4.78, 5) is 22.3. The minimum Gasteiger partial charge on any atom is -0.467 e. The lowest BCUT2D eigenvalue weighted by Gasteiger charge is -2.04. The lowest BCUT2D eigenvalue weighted by molar-refractivity contribution is -0.120. The van der Waals surface area contributed by atoms with E-state index in [9.17, 15) is 9.59 Å². The first-order chi connectivity index (χ1) is 8.78. The van der Waals surface area contributed by atoms with E-state index < -0.39 is 0 Å². The van der Waals surface area contributed by atoms with Crippen molar-refractivity contribution in [3.8, 4) is 0 Å². The Kier molecular flexibility index (Phi) is 3.91. The van der Waals surface area contributed by atoms with Crippen LogP contribution in [-0.4, -0.2) is 12.2 Å². The van der Waals surface area contributed by atoms with E-state index in [1.54, 1.807) is 36.6 Å². The molecule has 0 aliphatic rings. The first kappa shape index (κ1) is 12.1. The number of hydrogen-bond acceptors (Lipinski definition) is 3. The van der Waals surface area contributed by atoms with Crippen LogP contribution < -0.4 is 5.32 Å². The van der Waals surface area contributed by atoms with Crippen LogP contribution in [0.5, 0.6) is 0 Å². The average Bonchev–Trinajstić information content (AvgIpc) is 2.90. The quantitative estimate of drug-likeness (QED) is 0.816. The lowest BCUT2D eigenvalue weighted by atomic mass is 10.1. The maximum absolute atomic E-state index is 11.7. The molecule has 0 saturated heterocycles. The van der Waals surface area contributed by atoms with Crippen LogP contribution in [0, 0.1) is 0 Å². The van der Waals surface area contributed by atoms with Crippen LogP contribution in [0.2, 0.25) is 0 Å². The highest BCUT2D eigenvalue weighted by atomic mass is 16.3. The molecule has 0 spiro atoms. The highest BCUT2D eigenvalue weighted by Gasteiger charge is 2.04. The SMILES string of the molecule is O=Cc1cccc(CC(=O)NCc2ccco2)c1. The van der Waals surface area contributed by atoms with Gasteiger partial charge in [-0.05, 0) is 23.8 Å². The third-order valence-electron chi connectivity index (χ3n) is 2.49. The van der Waals surface area contributed by atoms with Crippen molar-refractivity contribution in [1.82, 2.24) is 5.32 Å². The van der Waals surface area contributed by atoms with Crippen molar-refractivity contribution in [3.63, 3.8) is 0 Å². The highest BCUT2D eigenvalue weighted by Crippen LogP contribution is 2.04. The average molecular weight is 243 g/mol. The summed E-state index contributed by atoms with van der Waals surface area (Å²) in [5.41, 5.74) is 1.39. The van der Waals surface area contributed by atoms with Crippen molar-refractivity contribution in [2.45, 2.75) is 13.0 Å². The number of rotatable bonds is 5. The van der Waals surface area contributed by atoms with Gasteiger partial charge in [-0.3, -0.25) is 9.59 Å².